The molecule has 3 rings (SSSR count). The van der Waals surface area contributed by atoms with E-state index in [4.69, 9.17) is 18.6 Å². The molecular weight excluding hydrogens is 386 g/mol. The van der Waals surface area contributed by atoms with Gasteiger partial charge in [0.2, 0.25) is 11.2 Å². The van der Waals surface area contributed by atoms with Gasteiger partial charge in [0.15, 0.2) is 23.9 Å². The van der Waals surface area contributed by atoms with E-state index < -0.39 is 0 Å². The number of hydrogen-bond donors (Lipinski definition) is 1. The Kier molecular flexibility index (Phi) is 6.61. The molecule has 0 spiro atoms. The highest BCUT2D eigenvalue weighted by molar-refractivity contribution is 5.83. The number of benzene rings is 2. The van der Waals surface area contributed by atoms with Gasteiger partial charge in [-0.1, -0.05) is 26.0 Å². The molecule has 7 heteroatoms. The van der Waals surface area contributed by atoms with Crippen molar-refractivity contribution in [3.8, 4) is 28.6 Å². The molecule has 1 amide bonds. The molecule has 7 nitrogen and oxygen atoms in total. The minimum atomic E-state index is -0.349. The van der Waals surface area contributed by atoms with Gasteiger partial charge in [0, 0.05) is 12.1 Å². The molecule has 2 aromatic carbocycles. The predicted octanol–water partition coefficient (Wildman–Crippen LogP) is 3.63. The number of ether oxygens (including phenoxy) is 3. The molecule has 0 bridgehead atoms. The van der Waals surface area contributed by atoms with Crippen molar-refractivity contribution >= 4 is 16.9 Å². The van der Waals surface area contributed by atoms with Crippen molar-refractivity contribution in [2.75, 3.05) is 27.4 Å². The second-order valence-electron chi connectivity index (χ2n) is 7.14. The predicted molar refractivity (Wildman–Crippen MR) is 114 cm³/mol. The Morgan fingerprint density at radius 3 is 2.50 bits per heavy atom. The normalized spacial score (nSPS) is 10.8. The first kappa shape index (κ1) is 21.2. The highest BCUT2D eigenvalue weighted by Gasteiger charge is 2.20. The van der Waals surface area contributed by atoms with Crippen molar-refractivity contribution in [3.63, 3.8) is 0 Å². The molecule has 0 saturated carbocycles. The molecule has 0 unspecified atom stereocenters. The summed E-state index contributed by atoms with van der Waals surface area (Å²) in [6, 6.07) is 12.0. The van der Waals surface area contributed by atoms with Gasteiger partial charge in [-0.15, -0.1) is 0 Å². The van der Waals surface area contributed by atoms with Crippen LogP contribution in [0.5, 0.6) is 17.2 Å². The van der Waals surface area contributed by atoms with E-state index >= 15 is 0 Å². The molecule has 0 aliphatic heterocycles. The number of carbonyl (C=O) groups excluding carboxylic acids is 1. The average molecular weight is 411 g/mol. The first-order chi connectivity index (χ1) is 14.4. The summed E-state index contributed by atoms with van der Waals surface area (Å²) in [5.74, 6) is 1.21. The summed E-state index contributed by atoms with van der Waals surface area (Å²) >= 11 is 0. The van der Waals surface area contributed by atoms with E-state index in [1.54, 1.807) is 42.5 Å². The summed E-state index contributed by atoms with van der Waals surface area (Å²) in [5.41, 5.74) is 0.635. The van der Waals surface area contributed by atoms with Crippen molar-refractivity contribution in [2.45, 2.75) is 13.8 Å². The van der Waals surface area contributed by atoms with Crippen LogP contribution in [0.1, 0.15) is 13.8 Å². The minimum absolute atomic E-state index is 0.0272. The Hall–Kier alpha value is -3.48. The van der Waals surface area contributed by atoms with E-state index in [0.717, 1.165) is 0 Å². The van der Waals surface area contributed by atoms with Gasteiger partial charge in [0.25, 0.3) is 5.91 Å². The van der Waals surface area contributed by atoms with Gasteiger partial charge in [-0.05, 0) is 36.2 Å². The number of carbonyl (C=O) groups is 1. The van der Waals surface area contributed by atoms with Crippen molar-refractivity contribution in [3.05, 3.63) is 52.7 Å². The third-order valence-electron chi connectivity index (χ3n) is 4.46. The second kappa shape index (κ2) is 9.35. The third kappa shape index (κ3) is 4.56. The van der Waals surface area contributed by atoms with E-state index in [9.17, 15) is 9.59 Å². The van der Waals surface area contributed by atoms with E-state index in [1.165, 1.54) is 14.2 Å². The maximum absolute atomic E-state index is 13.1. The lowest BCUT2D eigenvalue weighted by atomic mass is 10.1. The van der Waals surface area contributed by atoms with E-state index in [0.29, 0.717) is 40.5 Å². The second-order valence-corrected chi connectivity index (χ2v) is 7.14. The van der Waals surface area contributed by atoms with Crippen molar-refractivity contribution in [1.29, 1.82) is 0 Å². The zero-order valence-electron chi connectivity index (χ0n) is 17.5. The zero-order valence-corrected chi connectivity index (χ0v) is 17.5. The number of para-hydroxylation sites is 1. The van der Waals surface area contributed by atoms with Crippen LogP contribution in [0.15, 0.2) is 51.7 Å². The topological polar surface area (TPSA) is 87.0 Å². The Labute approximate surface area is 174 Å². The van der Waals surface area contributed by atoms with E-state index in [-0.39, 0.29) is 29.5 Å². The molecule has 0 saturated heterocycles. The number of hydrogen-bond acceptors (Lipinski definition) is 6. The third-order valence-corrected chi connectivity index (χ3v) is 4.46. The molecule has 1 N–H and O–H groups in total. The average Bonchev–Trinajstić information content (AvgIpc) is 2.76. The van der Waals surface area contributed by atoms with Crippen molar-refractivity contribution in [1.82, 2.24) is 5.32 Å². The van der Waals surface area contributed by atoms with Crippen LogP contribution in [0, 0.1) is 5.92 Å². The van der Waals surface area contributed by atoms with Crippen LogP contribution < -0.4 is 25.0 Å². The number of fused-ring (bicyclic) bond motifs is 1. The zero-order chi connectivity index (χ0) is 21.7. The molecule has 0 atom stereocenters. The van der Waals surface area contributed by atoms with Crippen LogP contribution in [0.3, 0.4) is 0 Å². The molecule has 1 aromatic heterocycles. The molecule has 0 aliphatic rings. The lowest BCUT2D eigenvalue weighted by Crippen LogP contribution is -2.32. The minimum Gasteiger partial charge on any atom is -0.493 e. The van der Waals surface area contributed by atoms with Gasteiger partial charge in [0.05, 0.1) is 19.6 Å². The standard InChI is InChI=1S/C23H25NO6/c1-14(2)12-24-20(25)13-29-23-21(26)16-7-5-6-8-17(16)30-22(23)15-9-10-18(27-3)19(11-15)28-4/h5-11,14H,12-13H2,1-4H3,(H,24,25). The largest absolute Gasteiger partial charge is 0.493 e. The van der Waals surface area contributed by atoms with Crippen LogP contribution in [0.4, 0.5) is 0 Å². The van der Waals surface area contributed by atoms with Crippen LogP contribution in [-0.4, -0.2) is 33.3 Å². The van der Waals surface area contributed by atoms with Crippen LogP contribution in [0.25, 0.3) is 22.3 Å². The van der Waals surface area contributed by atoms with E-state index in [2.05, 4.69) is 5.32 Å². The van der Waals surface area contributed by atoms with Crippen molar-refractivity contribution in [2.24, 2.45) is 5.92 Å². The van der Waals surface area contributed by atoms with Gasteiger partial charge < -0.3 is 23.9 Å². The lowest BCUT2D eigenvalue weighted by molar-refractivity contribution is -0.123. The Balaban J connectivity index is 2.05. The first-order valence-corrected chi connectivity index (χ1v) is 9.62. The van der Waals surface area contributed by atoms with E-state index in [1.807, 2.05) is 13.8 Å². The highest BCUT2D eigenvalue weighted by atomic mass is 16.5. The molecule has 0 aliphatic carbocycles. The first-order valence-electron chi connectivity index (χ1n) is 9.62. The quantitative estimate of drug-likeness (QED) is 0.609. The molecule has 158 valence electrons. The fourth-order valence-corrected chi connectivity index (χ4v) is 2.93. The number of nitrogens with one attached hydrogen (secondary N) is 1. The maximum Gasteiger partial charge on any atom is 0.257 e. The maximum atomic E-state index is 13.1. The van der Waals surface area contributed by atoms with Gasteiger partial charge >= 0.3 is 0 Å². The number of methoxy groups -OCH3 is 2. The molecule has 30 heavy (non-hydrogen) atoms. The summed E-state index contributed by atoms with van der Waals surface area (Å²) in [5, 5.41) is 3.14. The summed E-state index contributed by atoms with van der Waals surface area (Å²) in [6.45, 7) is 4.22. The Morgan fingerprint density at radius 1 is 1.07 bits per heavy atom. The number of rotatable bonds is 8. The fraction of sp³-hybridized carbons (Fsp3) is 0.304. The summed E-state index contributed by atoms with van der Waals surface area (Å²) in [7, 11) is 3.06. The fourth-order valence-electron chi connectivity index (χ4n) is 2.93. The van der Waals surface area contributed by atoms with Crippen LogP contribution in [-0.2, 0) is 4.79 Å². The molecule has 1 heterocycles. The van der Waals surface area contributed by atoms with Gasteiger partial charge in [-0.25, -0.2) is 0 Å². The Morgan fingerprint density at radius 2 is 1.80 bits per heavy atom. The molecule has 0 radical (unpaired) electrons. The molecule has 3 aromatic rings. The smallest absolute Gasteiger partial charge is 0.257 e. The molecule has 0 fully saturated rings. The monoisotopic (exact) mass is 411 g/mol. The van der Waals surface area contributed by atoms with Crippen LogP contribution in [0.2, 0.25) is 0 Å². The SMILES string of the molecule is COc1ccc(-c2oc3ccccc3c(=O)c2OCC(=O)NCC(C)C)cc1OC. The highest BCUT2D eigenvalue weighted by Crippen LogP contribution is 2.36. The van der Waals surface area contributed by atoms with Gasteiger partial charge in [-0.3, -0.25) is 9.59 Å². The summed E-state index contributed by atoms with van der Waals surface area (Å²) in [4.78, 5) is 25.2. The van der Waals surface area contributed by atoms with Gasteiger partial charge in [0.1, 0.15) is 5.58 Å². The van der Waals surface area contributed by atoms with Crippen molar-refractivity contribution < 1.29 is 23.4 Å². The number of amides is 1. The Bertz CT molecular complexity index is 1100. The van der Waals surface area contributed by atoms with Gasteiger partial charge in [-0.2, -0.15) is 0 Å². The summed E-state index contributed by atoms with van der Waals surface area (Å²) < 4.78 is 22.3. The van der Waals surface area contributed by atoms with Crippen LogP contribution >= 0.6 is 0 Å². The summed E-state index contributed by atoms with van der Waals surface area (Å²) in [6.07, 6.45) is 0. The molecular formula is C23H25NO6. The lowest BCUT2D eigenvalue weighted by Gasteiger charge is -2.14.